The van der Waals surface area contributed by atoms with Crippen molar-refractivity contribution >= 4 is 57.8 Å². The summed E-state index contributed by atoms with van der Waals surface area (Å²) in [4.78, 5) is 24.2. The minimum Gasteiger partial charge on any atom is -0.490 e. The summed E-state index contributed by atoms with van der Waals surface area (Å²) in [6, 6.07) is 9.88. The average molecular weight is 536 g/mol. The maximum absolute atomic E-state index is 12.1. The SMILES string of the molecule is CCOc1cc(C=C2C(=O)NC(=S)NC2=O)cc(I)c1OCc1cc(C)cc(C)c1. The molecule has 1 saturated heterocycles. The molecule has 8 heteroatoms. The van der Waals surface area contributed by atoms with Gasteiger partial charge in [-0.1, -0.05) is 29.3 Å². The molecule has 156 valence electrons. The summed E-state index contributed by atoms with van der Waals surface area (Å²) < 4.78 is 12.7. The predicted octanol–water partition coefficient (Wildman–Crippen LogP) is 3.80. The molecule has 6 nitrogen and oxygen atoms in total. The first-order valence-electron chi connectivity index (χ1n) is 9.31. The number of ether oxygens (including phenoxy) is 2. The molecule has 2 N–H and O–H groups in total. The second-order valence-electron chi connectivity index (χ2n) is 6.84. The summed E-state index contributed by atoms with van der Waals surface area (Å²) in [6.07, 6.45) is 1.50. The van der Waals surface area contributed by atoms with Crippen LogP contribution in [0.3, 0.4) is 0 Å². The van der Waals surface area contributed by atoms with Gasteiger partial charge in [-0.25, -0.2) is 0 Å². The van der Waals surface area contributed by atoms with Crippen molar-refractivity contribution in [2.75, 3.05) is 6.61 Å². The number of aryl methyl sites for hydroxylation is 2. The van der Waals surface area contributed by atoms with Crippen molar-refractivity contribution in [1.82, 2.24) is 10.6 Å². The molecule has 1 aliphatic rings. The smallest absolute Gasteiger partial charge is 0.263 e. The van der Waals surface area contributed by atoms with Gasteiger partial charge in [0.1, 0.15) is 12.2 Å². The molecule has 1 fully saturated rings. The van der Waals surface area contributed by atoms with Gasteiger partial charge in [0.2, 0.25) is 0 Å². The number of hydrogen-bond acceptors (Lipinski definition) is 5. The molecule has 0 saturated carbocycles. The standard InChI is InChI=1S/C22H21IN2O4S/c1-4-28-18-10-14(8-16-20(26)24-22(30)25-21(16)27)9-17(23)19(18)29-11-15-6-12(2)5-13(3)7-15/h5-10H,4,11H2,1-3H3,(H2,24,25,26,27,30). The molecule has 0 unspecified atom stereocenters. The van der Waals surface area contributed by atoms with Crippen molar-refractivity contribution in [2.45, 2.75) is 27.4 Å². The Kier molecular flexibility index (Phi) is 7.09. The van der Waals surface area contributed by atoms with Crippen LogP contribution in [0.4, 0.5) is 0 Å². The molecule has 0 spiro atoms. The van der Waals surface area contributed by atoms with Gasteiger partial charge in [-0.05, 0) is 84.9 Å². The van der Waals surface area contributed by atoms with Crippen LogP contribution in [0.15, 0.2) is 35.9 Å². The lowest BCUT2D eigenvalue weighted by atomic mass is 10.1. The van der Waals surface area contributed by atoms with Crippen molar-refractivity contribution in [3.8, 4) is 11.5 Å². The lowest BCUT2D eigenvalue weighted by Gasteiger charge is -2.17. The molecule has 0 radical (unpaired) electrons. The van der Waals surface area contributed by atoms with Gasteiger partial charge in [-0.3, -0.25) is 20.2 Å². The first kappa shape index (κ1) is 22.2. The Balaban J connectivity index is 1.90. The number of carbonyl (C=O) groups excluding carboxylic acids is 2. The zero-order valence-corrected chi connectivity index (χ0v) is 19.8. The minimum absolute atomic E-state index is 0.00173. The molecular weight excluding hydrogens is 515 g/mol. The number of hydrogen-bond donors (Lipinski definition) is 2. The maximum Gasteiger partial charge on any atom is 0.263 e. The van der Waals surface area contributed by atoms with Gasteiger partial charge in [0.15, 0.2) is 16.6 Å². The van der Waals surface area contributed by atoms with Crippen LogP contribution in [-0.4, -0.2) is 23.5 Å². The quantitative estimate of drug-likeness (QED) is 0.254. The molecule has 1 aliphatic heterocycles. The van der Waals surface area contributed by atoms with Crippen molar-refractivity contribution in [2.24, 2.45) is 0 Å². The lowest BCUT2D eigenvalue weighted by Crippen LogP contribution is -2.51. The Morgan fingerprint density at radius 1 is 1.00 bits per heavy atom. The van der Waals surface area contributed by atoms with E-state index in [4.69, 9.17) is 21.7 Å². The van der Waals surface area contributed by atoms with Crippen molar-refractivity contribution in [1.29, 1.82) is 0 Å². The van der Waals surface area contributed by atoms with Crippen molar-refractivity contribution in [3.63, 3.8) is 0 Å². The second-order valence-corrected chi connectivity index (χ2v) is 8.41. The summed E-state index contributed by atoms with van der Waals surface area (Å²) >= 11 is 6.99. The number of halogens is 1. The van der Waals surface area contributed by atoms with Gasteiger partial charge in [0.25, 0.3) is 11.8 Å². The van der Waals surface area contributed by atoms with E-state index >= 15 is 0 Å². The van der Waals surface area contributed by atoms with Crippen LogP contribution < -0.4 is 20.1 Å². The highest BCUT2D eigenvalue weighted by Gasteiger charge is 2.26. The molecule has 2 aromatic rings. The van der Waals surface area contributed by atoms with Crippen LogP contribution in [0.5, 0.6) is 11.5 Å². The molecular formula is C22H21IN2O4S. The minimum atomic E-state index is -0.535. The molecule has 0 atom stereocenters. The third-order valence-corrected chi connectivity index (χ3v) is 5.26. The third kappa shape index (κ3) is 5.37. The van der Waals surface area contributed by atoms with Gasteiger partial charge < -0.3 is 9.47 Å². The van der Waals surface area contributed by atoms with E-state index < -0.39 is 11.8 Å². The highest BCUT2D eigenvalue weighted by molar-refractivity contribution is 14.1. The number of rotatable bonds is 6. The largest absolute Gasteiger partial charge is 0.490 e. The molecule has 3 rings (SSSR count). The fourth-order valence-corrected chi connectivity index (χ4v) is 4.12. The van der Waals surface area contributed by atoms with Crippen LogP contribution in [0.25, 0.3) is 6.08 Å². The topological polar surface area (TPSA) is 76.7 Å². The number of thiocarbonyl (C=S) groups is 1. The van der Waals surface area contributed by atoms with Crippen molar-refractivity contribution < 1.29 is 19.1 Å². The van der Waals surface area contributed by atoms with E-state index in [1.54, 1.807) is 6.07 Å². The van der Waals surface area contributed by atoms with E-state index in [1.165, 1.54) is 17.2 Å². The van der Waals surface area contributed by atoms with Crippen LogP contribution in [-0.2, 0) is 16.2 Å². The van der Waals surface area contributed by atoms with Crippen molar-refractivity contribution in [3.05, 3.63) is 61.7 Å². The molecule has 0 aromatic heterocycles. The highest BCUT2D eigenvalue weighted by atomic mass is 127. The Labute approximate surface area is 194 Å². The van der Waals surface area contributed by atoms with Crippen LogP contribution >= 0.6 is 34.8 Å². The van der Waals surface area contributed by atoms with Gasteiger partial charge in [0.05, 0.1) is 10.2 Å². The number of amides is 2. The zero-order chi connectivity index (χ0) is 21.8. The summed E-state index contributed by atoms with van der Waals surface area (Å²) in [5.41, 5.74) is 4.06. The normalized spacial score (nSPS) is 13.6. The molecule has 0 aliphatic carbocycles. The summed E-state index contributed by atoms with van der Waals surface area (Å²) in [6.45, 7) is 6.85. The monoisotopic (exact) mass is 536 g/mol. The molecule has 1 heterocycles. The van der Waals surface area contributed by atoms with E-state index in [9.17, 15) is 9.59 Å². The first-order chi connectivity index (χ1) is 14.3. The number of benzene rings is 2. The maximum atomic E-state index is 12.1. The molecule has 0 bridgehead atoms. The second kappa shape index (κ2) is 9.57. The van der Waals surface area contributed by atoms with Gasteiger partial charge >= 0.3 is 0 Å². The average Bonchev–Trinajstić information content (AvgIpc) is 2.63. The van der Waals surface area contributed by atoms with Gasteiger partial charge in [0, 0.05) is 0 Å². The number of nitrogens with one attached hydrogen (secondary N) is 2. The van der Waals surface area contributed by atoms with E-state index in [1.807, 2.05) is 13.0 Å². The molecule has 2 aromatic carbocycles. The van der Waals surface area contributed by atoms with E-state index in [2.05, 4.69) is 65.3 Å². The summed E-state index contributed by atoms with van der Waals surface area (Å²) in [7, 11) is 0. The van der Waals surface area contributed by atoms with Crippen LogP contribution in [0.2, 0.25) is 0 Å². The summed E-state index contributed by atoms with van der Waals surface area (Å²) in [5.74, 6) is 0.101. The van der Waals surface area contributed by atoms with Gasteiger partial charge in [-0.15, -0.1) is 0 Å². The molecule has 30 heavy (non-hydrogen) atoms. The zero-order valence-electron chi connectivity index (χ0n) is 16.8. The fourth-order valence-electron chi connectivity index (χ4n) is 3.16. The summed E-state index contributed by atoms with van der Waals surface area (Å²) in [5, 5.41) is 4.86. The third-order valence-electron chi connectivity index (χ3n) is 4.25. The highest BCUT2D eigenvalue weighted by Crippen LogP contribution is 2.35. The van der Waals surface area contributed by atoms with Crippen LogP contribution in [0, 0.1) is 17.4 Å². The Bertz CT molecular complexity index is 1020. The lowest BCUT2D eigenvalue weighted by molar-refractivity contribution is -0.123. The molecule has 2 amide bonds. The van der Waals surface area contributed by atoms with Gasteiger partial charge in [-0.2, -0.15) is 0 Å². The first-order valence-corrected chi connectivity index (χ1v) is 10.8. The fraction of sp³-hybridized carbons (Fsp3) is 0.227. The Morgan fingerprint density at radius 3 is 2.23 bits per heavy atom. The Hall–Kier alpha value is -2.46. The predicted molar refractivity (Wildman–Crippen MR) is 127 cm³/mol. The number of carbonyl (C=O) groups is 2. The van der Waals surface area contributed by atoms with E-state index in [-0.39, 0.29) is 10.7 Å². The van der Waals surface area contributed by atoms with Crippen LogP contribution in [0.1, 0.15) is 29.2 Å². The Morgan fingerprint density at radius 2 is 1.63 bits per heavy atom. The van der Waals surface area contributed by atoms with E-state index in [0.29, 0.717) is 30.3 Å². The van der Waals surface area contributed by atoms with E-state index in [0.717, 1.165) is 9.13 Å².